The first-order valence-corrected chi connectivity index (χ1v) is 27.7. The van der Waals surface area contributed by atoms with Crippen LogP contribution in [0.2, 0.25) is 0 Å². The molecule has 2 nitrogen and oxygen atoms in total. The van der Waals surface area contributed by atoms with Crippen LogP contribution in [0, 0.1) is 13.8 Å². The van der Waals surface area contributed by atoms with Crippen LogP contribution in [0.3, 0.4) is 0 Å². The van der Waals surface area contributed by atoms with Gasteiger partial charge in [-0.25, -0.2) is 0 Å². The zero-order valence-corrected chi connectivity index (χ0v) is 47.4. The van der Waals surface area contributed by atoms with E-state index in [0.29, 0.717) is 0 Å². The second-order valence-electron chi connectivity index (χ2n) is 26.4. The minimum Gasteiger partial charge on any atom is -0.311 e. The molecule has 0 amide bonds. The van der Waals surface area contributed by atoms with Gasteiger partial charge >= 0.3 is 0 Å². The van der Waals surface area contributed by atoms with Crippen LogP contribution in [-0.2, 0) is 21.7 Å². The zero-order valence-electron chi connectivity index (χ0n) is 47.4. The van der Waals surface area contributed by atoms with Crippen molar-refractivity contribution in [1.29, 1.82) is 0 Å². The number of hydrogen-bond acceptors (Lipinski definition) is 1. The number of fused-ring (bicyclic) bond motifs is 7. The van der Waals surface area contributed by atoms with Crippen LogP contribution in [0.1, 0.15) is 139 Å². The van der Waals surface area contributed by atoms with Gasteiger partial charge < -0.3 is 9.47 Å². The summed E-state index contributed by atoms with van der Waals surface area (Å²) in [5, 5.41) is 2.52. The Hall–Kier alpha value is -7.36. The van der Waals surface area contributed by atoms with Crippen molar-refractivity contribution in [2.24, 2.45) is 0 Å². The van der Waals surface area contributed by atoms with E-state index in [-0.39, 0.29) is 34.3 Å². The van der Waals surface area contributed by atoms with Crippen molar-refractivity contribution in [1.82, 2.24) is 4.57 Å². The Morgan fingerprint density at radius 2 is 0.842 bits per heavy atom. The standard InChI is InChI=1S/C73H73BN2/c1-45-23-15-17-25-56(45)47-31-33-62-60(37-47)68(49-35-50(70(3,4)5)39-51(36-49)71(6,7)8)61-43-55(75-64-29-21-19-27-58(64)59-28-20-22-30-65(59)75)44-67-69(61)74(62)63-34-32-48(57-26-18-16-24-46(57)2)38-66(63)76(67)54-41-52(72(9,10)11)40-53(42-54)73(12,13)14/h15-44,68H,1-14H3. The molecule has 0 radical (unpaired) electrons. The average molecular weight is 989 g/mol. The monoisotopic (exact) mass is 989 g/mol. The van der Waals surface area contributed by atoms with E-state index in [9.17, 15) is 0 Å². The van der Waals surface area contributed by atoms with Crippen molar-refractivity contribution >= 4 is 62.0 Å². The predicted molar refractivity (Wildman–Crippen MR) is 329 cm³/mol. The molecule has 0 saturated heterocycles. The number of benzene rings is 9. The molecule has 76 heavy (non-hydrogen) atoms. The molecule has 2 aliphatic heterocycles. The second kappa shape index (κ2) is 17.6. The molecule has 0 aliphatic carbocycles. The third-order valence-corrected chi connectivity index (χ3v) is 17.0. The third-order valence-electron chi connectivity index (χ3n) is 17.0. The summed E-state index contributed by atoms with van der Waals surface area (Å²) in [7, 11) is 0. The summed E-state index contributed by atoms with van der Waals surface area (Å²) in [6.45, 7) is 32.9. The molecule has 1 atom stereocenters. The van der Waals surface area contributed by atoms with Crippen molar-refractivity contribution in [3.05, 3.63) is 232 Å². The highest BCUT2D eigenvalue weighted by Crippen LogP contribution is 2.49. The van der Waals surface area contributed by atoms with Gasteiger partial charge in [0.25, 0.3) is 0 Å². The van der Waals surface area contributed by atoms with E-state index in [1.165, 1.54) is 133 Å². The number of hydrogen-bond donors (Lipinski definition) is 0. The van der Waals surface area contributed by atoms with Gasteiger partial charge in [-0.1, -0.05) is 228 Å². The smallest absolute Gasteiger partial charge is 0.247 e. The van der Waals surface area contributed by atoms with Crippen LogP contribution in [0.25, 0.3) is 49.7 Å². The maximum absolute atomic E-state index is 2.68. The minimum absolute atomic E-state index is 0.0349. The summed E-state index contributed by atoms with van der Waals surface area (Å²) in [5.41, 5.74) is 28.1. The number of rotatable bonds is 5. The Labute approximate surface area is 453 Å². The highest BCUT2D eigenvalue weighted by atomic mass is 15.2. The topological polar surface area (TPSA) is 8.17 Å². The zero-order chi connectivity index (χ0) is 53.4. The average Bonchev–Trinajstić information content (AvgIpc) is 3.78. The summed E-state index contributed by atoms with van der Waals surface area (Å²) in [4.78, 5) is 2.68. The Kier molecular flexibility index (Phi) is 11.5. The van der Waals surface area contributed by atoms with Crippen molar-refractivity contribution in [3.8, 4) is 27.9 Å². The van der Waals surface area contributed by atoms with Gasteiger partial charge in [-0.3, -0.25) is 0 Å². The number of anilines is 3. The van der Waals surface area contributed by atoms with Crippen molar-refractivity contribution in [3.63, 3.8) is 0 Å². The normalized spacial score (nSPS) is 14.5. The molecule has 2 aliphatic rings. The molecule has 3 heteroatoms. The number of aromatic nitrogens is 1. The maximum Gasteiger partial charge on any atom is 0.247 e. The first-order chi connectivity index (χ1) is 36.0. The van der Waals surface area contributed by atoms with Gasteiger partial charge in [0.1, 0.15) is 0 Å². The molecule has 0 saturated carbocycles. The summed E-state index contributed by atoms with van der Waals surface area (Å²) in [6, 6.07) is 71.0. The van der Waals surface area contributed by atoms with Crippen LogP contribution in [-0.4, -0.2) is 11.3 Å². The molecule has 3 heterocycles. The van der Waals surface area contributed by atoms with E-state index >= 15 is 0 Å². The van der Waals surface area contributed by atoms with E-state index in [1.807, 2.05) is 0 Å². The maximum atomic E-state index is 2.68. The summed E-state index contributed by atoms with van der Waals surface area (Å²) in [6.07, 6.45) is 0. The molecule has 1 aromatic heterocycles. The molecule has 0 spiro atoms. The van der Waals surface area contributed by atoms with Crippen LogP contribution < -0.4 is 21.3 Å². The van der Waals surface area contributed by atoms with Gasteiger partial charge in [-0.15, -0.1) is 0 Å². The SMILES string of the molecule is Cc1ccccc1-c1ccc2c(c1)C(c1cc(C(C)(C)C)cc(C(C)(C)C)c1)c1cc(-n3c4ccccc4c4ccccc43)cc3c1B2c1ccc(-c2ccccc2C)cc1N3c1cc(C(C)(C)C)cc(C(C)(C)C)c1. The highest BCUT2D eigenvalue weighted by molar-refractivity contribution is 6.99. The van der Waals surface area contributed by atoms with Gasteiger partial charge in [0, 0.05) is 39.4 Å². The molecule has 10 aromatic rings. The minimum atomic E-state index is -0.0912. The molecule has 378 valence electrons. The molecule has 0 N–H and O–H groups in total. The number of aryl methyl sites for hydroxylation is 2. The lowest BCUT2D eigenvalue weighted by molar-refractivity contribution is 0.566. The largest absolute Gasteiger partial charge is 0.311 e. The van der Waals surface area contributed by atoms with Crippen LogP contribution in [0.4, 0.5) is 17.1 Å². The quantitative estimate of drug-likeness (QED) is 0.156. The van der Waals surface area contributed by atoms with E-state index in [4.69, 9.17) is 0 Å². The molecule has 12 rings (SSSR count). The van der Waals surface area contributed by atoms with E-state index in [2.05, 4.69) is 288 Å². The van der Waals surface area contributed by atoms with Crippen molar-refractivity contribution < 1.29 is 0 Å². The Balaban J connectivity index is 1.28. The molecule has 0 fully saturated rings. The lowest BCUT2D eigenvalue weighted by Crippen LogP contribution is -2.62. The molecular formula is C73H73BN2. The van der Waals surface area contributed by atoms with Crippen LogP contribution in [0.5, 0.6) is 0 Å². The lowest BCUT2D eigenvalue weighted by atomic mass is 9.31. The Morgan fingerprint density at radius 3 is 1.36 bits per heavy atom. The fourth-order valence-corrected chi connectivity index (χ4v) is 12.6. The van der Waals surface area contributed by atoms with E-state index < -0.39 is 0 Å². The van der Waals surface area contributed by atoms with Crippen molar-refractivity contribution in [2.45, 2.75) is 125 Å². The van der Waals surface area contributed by atoms with Gasteiger partial charge in [-0.05, 0) is 161 Å². The number of para-hydroxylation sites is 2. The fraction of sp³-hybridized carbons (Fsp3) is 0.260. The fourth-order valence-electron chi connectivity index (χ4n) is 12.6. The van der Waals surface area contributed by atoms with Crippen molar-refractivity contribution in [2.75, 3.05) is 4.90 Å². The molecule has 9 aromatic carbocycles. The highest BCUT2D eigenvalue weighted by Gasteiger charge is 2.45. The first kappa shape index (κ1) is 49.5. The second-order valence-corrected chi connectivity index (χ2v) is 26.4. The van der Waals surface area contributed by atoms with Gasteiger partial charge in [0.15, 0.2) is 0 Å². The van der Waals surface area contributed by atoms with E-state index in [0.717, 1.165) is 0 Å². The Bertz CT molecular complexity index is 3650. The lowest BCUT2D eigenvalue weighted by Gasteiger charge is -2.44. The summed E-state index contributed by atoms with van der Waals surface area (Å²) in [5.74, 6) is -0.0823. The van der Waals surface area contributed by atoms with E-state index in [1.54, 1.807) is 0 Å². The third kappa shape index (κ3) is 8.24. The van der Waals surface area contributed by atoms with Crippen LogP contribution >= 0.6 is 0 Å². The van der Waals surface area contributed by atoms with Crippen LogP contribution in [0.15, 0.2) is 182 Å². The molecule has 0 bridgehead atoms. The van der Waals surface area contributed by atoms with Gasteiger partial charge in [0.05, 0.1) is 11.0 Å². The van der Waals surface area contributed by atoms with Gasteiger partial charge in [0.2, 0.25) is 6.71 Å². The molecule has 1 unspecified atom stereocenters. The first-order valence-electron chi connectivity index (χ1n) is 27.7. The summed E-state index contributed by atoms with van der Waals surface area (Å²) < 4.78 is 2.56. The molecular weight excluding hydrogens is 916 g/mol. The summed E-state index contributed by atoms with van der Waals surface area (Å²) >= 11 is 0. The predicted octanol–water partition coefficient (Wildman–Crippen LogP) is 17.7. The van der Waals surface area contributed by atoms with Gasteiger partial charge in [-0.2, -0.15) is 0 Å². The number of nitrogens with zero attached hydrogens (tertiary/aromatic N) is 2. The Morgan fingerprint density at radius 1 is 0.382 bits per heavy atom.